The summed E-state index contributed by atoms with van der Waals surface area (Å²) in [6.07, 6.45) is 0. The molecular weight excluding hydrogens is 278 g/mol. The Kier molecular flexibility index (Phi) is 3.56. The van der Waals surface area contributed by atoms with Crippen molar-refractivity contribution in [3.63, 3.8) is 0 Å². The standard InChI is InChI=1S/C17H15N3O2/c1-11-6-8-12(9-7-11)17(22)20-14-5-3-2-4-13(14)16(19-20)15(21)10-18/h2-9H,10,18H2,1H3. The molecule has 0 radical (unpaired) electrons. The van der Waals surface area contributed by atoms with Gasteiger partial charge in [-0.05, 0) is 25.1 Å². The van der Waals surface area contributed by atoms with E-state index in [1.165, 1.54) is 4.68 Å². The average molecular weight is 293 g/mol. The molecule has 110 valence electrons. The number of carbonyl (C=O) groups is 2. The Bertz CT molecular complexity index is 863. The van der Waals surface area contributed by atoms with Gasteiger partial charge in [-0.2, -0.15) is 9.78 Å². The summed E-state index contributed by atoms with van der Waals surface area (Å²) in [7, 11) is 0. The highest BCUT2D eigenvalue weighted by Gasteiger charge is 2.20. The van der Waals surface area contributed by atoms with Crippen molar-refractivity contribution in [2.45, 2.75) is 6.92 Å². The third-order valence-electron chi connectivity index (χ3n) is 3.53. The Morgan fingerprint density at radius 1 is 1.09 bits per heavy atom. The first-order chi connectivity index (χ1) is 10.6. The highest BCUT2D eigenvalue weighted by molar-refractivity contribution is 6.10. The zero-order chi connectivity index (χ0) is 15.7. The van der Waals surface area contributed by atoms with Gasteiger partial charge in [-0.15, -0.1) is 0 Å². The van der Waals surface area contributed by atoms with Gasteiger partial charge in [0, 0.05) is 10.9 Å². The van der Waals surface area contributed by atoms with Crippen LogP contribution in [0.2, 0.25) is 0 Å². The van der Waals surface area contributed by atoms with Crippen LogP contribution < -0.4 is 5.73 Å². The molecule has 3 rings (SSSR count). The number of hydrogen-bond acceptors (Lipinski definition) is 4. The first-order valence-electron chi connectivity index (χ1n) is 6.94. The summed E-state index contributed by atoms with van der Waals surface area (Å²) in [4.78, 5) is 24.6. The smallest absolute Gasteiger partial charge is 0.278 e. The number of aryl methyl sites for hydroxylation is 1. The monoisotopic (exact) mass is 293 g/mol. The largest absolute Gasteiger partial charge is 0.324 e. The summed E-state index contributed by atoms with van der Waals surface area (Å²) in [5.74, 6) is -0.557. The van der Waals surface area contributed by atoms with Crippen molar-refractivity contribution in [1.82, 2.24) is 9.78 Å². The van der Waals surface area contributed by atoms with E-state index in [9.17, 15) is 9.59 Å². The Labute approximate surface area is 127 Å². The maximum Gasteiger partial charge on any atom is 0.278 e. The molecule has 1 aromatic heterocycles. The SMILES string of the molecule is Cc1ccc(C(=O)n2nc(C(=O)CN)c3ccccc32)cc1. The van der Waals surface area contributed by atoms with Crippen LogP contribution in [-0.2, 0) is 0 Å². The van der Waals surface area contributed by atoms with Gasteiger partial charge in [0.15, 0.2) is 5.78 Å². The molecule has 1 heterocycles. The van der Waals surface area contributed by atoms with Crippen LogP contribution in [0.1, 0.15) is 26.4 Å². The minimum atomic E-state index is -0.286. The third-order valence-corrected chi connectivity index (χ3v) is 3.53. The first kappa shape index (κ1) is 14.2. The summed E-state index contributed by atoms with van der Waals surface area (Å²) >= 11 is 0. The lowest BCUT2D eigenvalue weighted by Crippen LogP contribution is -2.17. The number of rotatable bonds is 3. The van der Waals surface area contributed by atoms with Crippen molar-refractivity contribution < 1.29 is 9.59 Å². The summed E-state index contributed by atoms with van der Waals surface area (Å²) in [6.45, 7) is 1.81. The van der Waals surface area contributed by atoms with Gasteiger partial charge < -0.3 is 5.73 Å². The number of ketones is 1. The maximum absolute atomic E-state index is 12.7. The van der Waals surface area contributed by atoms with E-state index in [-0.39, 0.29) is 23.9 Å². The summed E-state index contributed by atoms with van der Waals surface area (Å²) in [5.41, 5.74) is 7.85. The number of hydrogen-bond donors (Lipinski definition) is 1. The number of fused-ring (bicyclic) bond motifs is 1. The molecule has 5 nitrogen and oxygen atoms in total. The molecule has 0 amide bonds. The van der Waals surface area contributed by atoms with Crippen LogP contribution in [0.15, 0.2) is 48.5 Å². The predicted octanol–water partition coefficient (Wildman–Crippen LogP) is 2.17. The Hall–Kier alpha value is -2.79. The van der Waals surface area contributed by atoms with E-state index in [2.05, 4.69) is 5.10 Å². The van der Waals surface area contributed by atoms with Gasteiger partial charge in [-0.3, -0.25) is 9.59 Å². The summed E-state index contributed by atoms with van der Waals surface area (Å²) in [6, 6.07) is 14.4. The van der Waals surface area contributed by atoms with E-state index in [0.29, 0.717) is 16.5 Å². The van der Waals surface area contributed by atoms with Crippen LogP contribution in [0.3, 0.4) is 0 Å². The van der Waals surface area contributed by atoms with E-state index in [0.717, 1.165) is 5.56 Å². The van der Waals surface area contributed by atoms with Crippen molar-refractivity contribution in [1.29, 1.82) is 0 Å². The van der Waals surface area contributed by atoms with Gasteiger partial charge in [0.1, 0.15) is 5.69 Å². The zero-order valence-electron chi connectivity index (χ0n) is 12.1. The third kappa shape index (κ3) is 2.31. The van der Waals surface area contributed by atoms with Gasteiger partial charge in [-0.25, -0.2) is 0 Å². The number of aromatic nitrogens is 2. The molecule has 0 saturated carbocycles. The number of nitrogens with zero attached hydrogens (tertiary/aromatic N) is 2. The zero-order valence-corrected chi connectivity index (χ0v) is 12.1. The second kappa shape index (κ2) is 5.54. The molecule has 5 heteroatoms. The normalized spacial score (nSPS) is 10.8. The number of para-hydroxylation sites is 1. The number of nitrogens with two attached hydrogens (primary N) is 1. The van der Waals surface area contributed by atoms with E-state index in [1.807, 2.05) is 19.1 Å². The van der Waals surface area contributed by atoms with Crippen LogP contribution in [-0.4, -0.2) is 28.0 Å². The number of carbonyl (C=O) groups excluding carboxylic acids is 2. The highest BCUT2D eigenvalue weighted by atomic mass is 16.2. The van der Waals surface area contributed by atoms with Gasteiger partial charge in [0.25, 0.3) is 5.91 Å². The molecule has 22 heavy (non-hydrogen) atoms. The van der Waals surface area contributed by atoms with Crippen LogP contribution in [0.5, 0.6) is 0 Å². The molecule has 0 saturated heterocycles. The van der Waals surface area contributed by atoms with E-state index in [4.69, 9.17) is 5.73 Å². The second-order valence-corrected chi connectivity index (χ2v) is 5.08. The Balaban J connectivity index is 2.16. The minimum Gasteiger partial charge on any atom is -0.324 e. The molecule has 0 unspecified atom stereocenters. The van der Waals surface area contributed by atoms with Crippen molar-refractivity contribution >= 4 is 22.6 Å². The molecule has 0 spiro atoms. The lowest BCUT2D eigenvalue weighted by Gasteiger charge is -2.02. The van der Waals surface area contributed by atoms with Crippen molar-refractivity contribution in [3.8, 4) is 0 Å². The number of Topliss-reactive ketones (excluding diaryl/α,β-unsaturated/α-hetero) is 1. The molecule has 2 aromatic carbocycles. The molecule has 0 atom stereocenters. The van der Waals surface area contributed by atoms with Crippen molar-refractivity contribution in [2.75, 3.05) is 6.54 Å². The molecule has 0 fully saturated rings. The lowest BCUT2D eigenvalue weighted by molar-refractivity contribution is 0.0948. The van der Waals surface area contributed by atoms with Gasteiger partial charge in [-0.1, -0.05) is 35.9 Å². The number of benzene rings is 2. The molecular formula is C17H15N3O2. The van der Waals surface area contributed by atoms with E-state index < -0.39 is 0 Å². The maximum atomic E-state index is 12.7. The van der Waals surface area contributed by atoms with Crippen LogP contribution >= 0.6 is 0 Å². The fraction of sp³-hybridized carbons (Fsp3) is 0.118. The second-order valence-electron chi connectivity index (χ2n) is 5.08. The summed E-state index contributed by atoms with van der Waals surface area (Å²) in [5, 5.41) is 4.83. The molecule has 0 aliphatic carbocycles. The topological polar surface area (TPSA) is 78.0 Å². The van der Waals surface area contributed by atoms with Crippen molar-refractivity contribution in [3.05, 3.63) is 65.4 Å². The summed E-state index contributed by atoms with van der Waals surface area (Å²) < 4.78 is 1.27. The fourth-order valence-electron chi connectivity index (χ4n) is 2.34. The van der Waals surface area contributed by atoms with Gasteiger partial charge >= 0.3 is 0 Å². The molecule has 0 aliphatic rings. The van der Waals surface area contributed by atoms with Gasteiger partial charge in [0.05, 0.1) is 12.1 Å². The van der Waals surface area contributed by atoms with Gasteiger partial charge in [0.2, 0.25) is 0 Å². The Morgan fingerprint density at radius 2 is 1.77 bits per heavy atom. The first-order valence-corrected chi connectivity index (χ1v) is 6.94. The predicted molar refractivity (Wildman–Crippen MR) is 84.0 cm³/mol. The van der Waals surface area contributed by atoms with Crippen LogP contribution in [0.25, 0.3) is 10.9 Å². The minimum absolute atomic E-state index is 0.139. The molecule has 3 aromatic rings. The molecule has 2 N–H and O–H groups in total. The van der Waals surface area contributed by atoms with E-state index >= 15 is 0 Å². The van der Waals surface area contributed by atoms with Crippen LogP contribution in [0.4, 0.5) is 0 Å². The highest BCUT2D eigenvalue weighted by Crippen LogP contribution is 2.20. The van der Waals surface area contributed by atoms with Crippen LogP contribution in [0, 0.1) is 6.92 Å². The fourth-order valence-corrected chi connectivity index (χ4v) is 2.34. The van der Waals surface area contributed by atoms with Crippen molar-refractivity contribution in [2.24, 2.45) is 5.73 Å². The van der Waals surface area contributed by atoms with E-state index in [1.54, 1.807) is 36.4 Å². The Morgan fingerprint density at radius 3 is 2.45 bits per heavy atom. The molecule has 0 bridgehead atoms. The average Bonchev–Trinajstić information content (AvgIpc) is 2.94. The lowest BCUT2D eigenvalue weighted by atomic mass is 10.1. The molecule has 0 aliphatic heterocycles. The quantitative estimate of drug-likeness (QED) is 0.751.